The summed E-state index contributed by atoms with van der Waals surface area (Å²) in [6, 6.07) is 35.8. The highest BCUT2D eigenvalue weighted by Crippen LogP contribution is 2.44. The lowest BCUT2D eigenvalue weighted by Gasteiger charge is -2.19. The van der Waals surface area contributed by atoms with Crippen molar-refractivity contribution in [1.82, 2.24) is 9.55 Å². The van der Waals surface area contributed by atoms with Gasteiger partial charge in [0, 0.05) is 42.1 Å². The van der Waals surface area contributed by atoms with Crippen LogP contribution in [0.1, 0.15) is 85.9 Å². The molecule has 1 N–H and O–H groups in total. The van der Waals surface area contributed by atoms with Gasteiger partial charge in [-0.2, -0.15) is 0 Å². The molecule has 7 aromatic carbocycles. The van der Waals surface area contributed by atoms with E-state index in [0.717, 1.165) is 44.4 Å². The molecule has 9 rings (SSSR count). The second-order valence-electron chi connectivity index (χ2n) is 15.6. The number of benzene rings is 7. The second kappa shape index (κ2) is 15.9. The number of rotatable bonds is 8. The van der Waals surface area contributed by atoms with E-state index < -0.39 is 91.0 Å². The Morgan fingerprint density at radius 2 is 1.30 bits per heavy atom. The highest BCUT2D eigenvalue weighted by atomic mass is 16.3. The molecule has 0 fully saturated rings. The van der Waals surface area contributed by atoms with E-state index in [-0.39, 0.29) is 17.0 Å². The molecule has 0 aliphatic carbocycles. The minimum Gasteiger partial charge on any atom is -0.507 e. The highest BCUT2D eigenvalue weighted by molar-refractivity contribution is 6.02. The first-order valence-corrected chi connectivity index (χ1v) is 19.9. The molecule has 61 heavy (non-hydrogen) atoms. The Balaban J connectivity index is 1.34. The van der Waals surface area contributed by atoms with Gasteiger partial charge in [0.2, 0.25) is 0 Å². The second-order valence-corrected chi connectivity index (χ2v) is 15.6. The van der Waals surface area contributed by atoms with E-state index in [1.54, 1.807) is 12.1 Å². The summed E-state index contributed by atoms with van der Waals surface area (Å²) in [5.41, 5.74) is 2.74. The van der Waals surface area contributed by atoms with Crippen molar-refractivity contribution in [3.05, 3.63) is 198 Å². The van der Waals surface area contributed by atoms with Crippen LogP contribution in [0, 0.1) is 13.8 Å². The average Bonchev–Trinajstić information content (AvgIpc) is 3.84. The SMILES string of the molecule is [2H]c1nc(-c2cc(-c3ccccc3)cc(-c3cccc4c3cc(-c3cc(C)cc(C)c3O)n4-c3cc(-c4ccccc4)cc(C([2H])(C)C)c3)c2)c([2H])c(-c2c([2H])c([2H])c(C(C([2H])([2H])[2H])(C([2H])([2H])[2H])C([2H])([2H])[2H])c([2H])c2[2H])c1[2H]. The van der Waals surface area contributed by atoms with Gasteiger partial charge in [-0.15, -0.1) is 0 Å². The zero-order valence-corrected chi connectivity index (χ0v) is 34.0. The molecule has 9 aromatic rings. The number of pyridine rings is 1. The fourth-order valence-electron chi connectivity index (χ4n) is 7.86. The van der Waals surface area contributed by atoms with Crippen LogP contribution < -0.4 is 0 Å². The molecule has 0 radical (unpaired) electrons. The Hall–Kier alpha value is -6.97. The maximum absolute atomic E-state index is 11.9. The van der Waals surface area contributed by atoms with Crippen molar-refractivity contribution in [2.45, 2.75) is 59.6 Å². The van der Waals surface area contributed by atoms with Crippen molar-refractivity contribution in [3.8, 4) is 78.5 Å². The van der Waals surface area contributed by atoms with Gasteiger partial charge >= 0.3 is 0 Å². The van der Waals surface area contributed by atoms with Crippen molar-refractivity contribution < 1.29 is 28.4 Å². The summed E-state index contributed by atoms with van der Waals surface area (Å²) in [6.45, 7) is -4.35. The molecule has 3 nitrogen and oxygen atoms in total. The summed E-state index contributed by atoms with van der Waals surface area (Å²) in [7, 11) is 0. The summed E-state index contributed by atoms with van der Waals surface area (Å²) < 4.78 is 150. The first-order chi connectivity index (χ1) is 36.4. The number of aryl methyl sites for hydroxylation is 2. The molecule has 0 bridgehead atoms. The zero-order valence-electron chi connectivity index (χ0n) is 51.0. The van der Waals surface area contributed by atoms with E-state index in [1.807, 2.05) is 143 Å². The number of phenols is 1. The van der Waals surface area contributed by atoms with E-state index in [2.05, 4.69) is 15.6 Å². The molecule has 0 unspecified atom stereocenters. The lowest BCUT2D eigenvalue weighted by molar-refractivity contribution is 0.472. The third-order valence-corrected chi connectivity index (χ3v) is 10.9. The number of hydrogen-bond donors (Lipinski definition) is 1. The van der Waals surface area contributed by atoms with Crippen LogP contribution in [-0.2, 0) is 5.41 Å². The van der Waals surface area contributed by atoms with Crippen molar-refractivity contribution in [2.75, 3.05) is 0 Å². The molecular formula is C58H52N2O. The number of aromatic nitrogens is 2. The van der Waals surface area contributed by atoms with Crippen LogP contribution >= 0.6 is 0 Å². The summed E-state index contributed by atoms with van der Waals surface area (Å²) in [6.07, 6.45) is -0.740. The topological polar surface area (TPSA) is 38.1 Å². The van der Waals surface area contributed by atoms with Gasteiger partial charge in [-0.05, 0) is 153 Å². The minimum atomic E-state index is -3.93. The van der Waals surface area contributed by atoms with Gasteiger partial charge in [0.1, 0.15) is 5.75 Å². The van der Waals surface area contributed by atoms with Crippen LogP contribution in [0.15, 0.2) is 176 Å². The van der Waals surface area contributed by atoms with Gasteiger partial charge < -0.3 is 9.67 Å². The highest BCUT2D eigenvalue weighted by Gasteiger charge is 2.22. The van der Waals surface area contributed by atoms with Gasteiger partial charge in [-0.3, -0.25) is 4.98 Å². The lowest BCUT2D eigenvalue weighted by atomic mass is 9.86. The molecule has 0 atom stereocenters. The fraction of sp³-hybridized carbons (Fsp3) is 0.155. The summed E-state index contributed by atoms with van der Waals surface area (Å²) >= 11 is 0. The summed E-state index contributed by atoms with van der Waals surface area (Å²) in [4.78, 5) is 4.41. The first kappa shape index (κ1) is 24.3. The normalized spacial score (nSPS) is 16.6. The Morgan fingerprint density at radius 3 is 1.98 bits per heavy atom. The molecule has 0 aliphatic heterocycles. The van der Waals surface area contributed by atoms with Crippen LogP contribution in [0.3, 0.4) is 0 Å². The van der Waals surface area contributed by atoms with Crippen molar-refractivity contribution in [3.63, 3.8) is 0 Å². The Bertz CT molecular complexity index is 3790. The molecule has 0 saturated carbocycles. The van der Waals surface area contributed by atoms with Crippen LogP contribution in [0.2, 0.25) is 0 Å². The molecule has 300 valence electrons. The van der Waals surface area contributed by atoms with E-state index >= 15 is 0 Å². The van der Waals surface area contributed by atoms with Gasteiger partial charge in [0.05, 0.1) is 26.5 Å². The fourth-order valence-corrected chi connectivity index (χ4v) is 7.86. The number of phenolic OH excluding ortho intramolecular Hbond substituents is 1. The number of hydrogen-bond acceptors (Lipinski definition) is 2. The predicted molar refractivity (Wildman–Crippen MR) is 258 cm³/mol. The standard InChI is InChI=1S/C58H52N2O/c1-37(2)44-29-46(41-17-12-9-13-18-41)34-50(33-44)60-55-20-14-19-51(52(55)36-56(60)53-28-38(3)27-39(4)57(53)61)47-30-45(40-15-10-8-11-16-40)31-48(32-47)54-35-43(25-26-59-54)42-21-23-49(24-22-42)58(5,6)7/h8-37,61H,1-7H3/i5D3,6D3,7D3,21D,22D,23D,24D,25D,26D,35D,37D. The molecule has 2 aromatic heterocycles. The van der Waals surface area contributed by atoms with E-state index in [1.165, 1.54) is 0 Å². The molecule has 0 saturated heterocycles. The first-order valence-electron chi connectivity index (χ1n) is 28.4. The number of nitrogens with zero attached hydrogens (tertiary/aromatic N) is 2. The molecule has 0 spiro atoms. The smallest absolute Gasteiger partial charge is 0.127 e. The lowest BCUT2D eigenvalue weighted by Crippen LogP contribution is -2.10. The molecular weight excluding hydrogens is 741 g/mol. The maximum atomic E-state index is 11.9. The van der Waals surface area contributed by atoms with Gasteiger partial charge in [-0.1, -0.05) is 144 Å². The van der Waals surface area contributed by atoms with Crippen LogP contribution in [0.25, 0.3) is 83.6 Å². The number of fused-ring (bicyclic) bond motifs is 1. The minimum absolute atomic E-state index is 0.0799. The van der Waals surface area contributed by atoms with E-state index in [4.69, 9.17) is 17.8 Å². The predicted octanol–water partition coefficient (Wildman–Crippen LogP) is 15.8. The molecule has 3 heteroatoms. The Labute approximate surface area is 384 Å². The largest absolute Gasteiger partial charge is 0.507 e. The number of aromatic hydroxyl groups is 1. The van der Waals surface area contributed by atoms with Crippen molar-refractivity contribution in [2.24, 2.45) is 0 Å². The van der Waals surface area contributed by atoms with Gasteiger partial charge in [0.25, 0.3) is 0 Å². The molecule has 2 heterocycles. The summed E-state index contributed by atoms with van der Waals surface area (Å²) in [5.74, 6) is -0.936. The van der Waals surface area contributed by atoms with Crippen LogP contribution in [0.4, 0.5) is 0 Å². The third kappa shape index (κ3) is 7.80. The Morgan fingerprint density at radius 1 is 0.623 bits per heavy atom. The maximum Gasteiger partial charge on any atom is 0.127 e. The van der Waals surface area contributed by atoms with Crippen LogP contribution in [-0.4, -0.2) is 14.7 Å². The molecule has 0 amide bonds. The average molecular weight is 810 g/mol. The zero-order chi connectivity index (χ0) is 56.9. The van der Waals surface area contributed by atoms with Gasteiger partial charge in [0.15, 0.2) is 0 Å². The van der Waals surface area contributed by atoms with Gasteiger partial charge in [-0.25, -0.2) is 0 Å². The monoisotopic (exact) mass is 810 g/mol. The van der Waals surface area contributed by atoms with Crippen molar-refractivity contribution >= 4 is 10.9 Å². The Kier molecular flexibility index (Phi) is 6.34. The quantitative estimate of drug-likeness (QED) is 0.166. The third-order valence-electron chi connectivity index (χ3n) is 10.9. The summed E-state index contributed by atoms with van der Waals surface area (Å²) in [5, 5.41) is 12.6. The van der Waals surface area contributed by atoms with Crippen LogP contribution in [0.5, 0.6) is 5.75 Å². The van der Waals surface area contributed by atoms with E-state index in [0.29, 0.717) is 33.5 Å². The van der Waals surface area contributed by atoms with E-state index in [9.17, 15) is 10.6 Å². The van der Waals surface area contributed by atoms with Crippen molar-refractivity contribution in [1.29, 1.82) is 0 Å². The molecule has 0 aliphatic rings.